The number of benzene rings is 2. The van der Waals surface area contributed by atoms with E-state index in [1.54, 1.807) is 24.3 Å². The first-order valence-electron chi connectivity index (χ1n) is 13.3. The lowest BCUT2D eigenvalue weighted by Gasteiger charge is -2.34. The van der Waals surface area contributed by atoms with Crippen LogP contribution in [0.5, 0.6) is 0 Å². The van der Waals surface area contributed by atoms with Crippen LogP contribution in [-0.4, -0.2) is 64.8 Å². The molecule has 2 aliphatic heterocycles. The first-order chi connectivity index (χ1) is 18.8. The first-order valence-corrected chi connectivity index (χ1v) is 13.3. The van der Waals surface area contributed by atoms with Crippen molar-refractivity contribution < 1.29 is 28.7 Å². The van der Waals surface area contributed by atoms with Crippen molar-refractivity contribution in [3.8, 4) is 0 Å². The molecule has 206 valence electrons. The smallest absolute Gasteiger partial charge is 0.320 e. The van der Waals surface area contributed by atoms with E-state index in [2.05, 4.69) is 5.32 Å². The van der Waals surface area contributed by atoms with Gasteiger partial charge in [-0.1, -0.05) is 62.4 Å². The average molecular weight is 534 g/mol. The summed E-state index contributed by atoms with van der Waals surface area (Å²) in [6, 6.07) is 16.6. The number of nitrogens with zero attached hydrogens (tertiary/aromatic N) is 2. The Kier molecular flexibility index (Phi) is 9.35. The standard InChI is InChI=1S/C30H35N3O6/c1-21(2)18-25(33(19-22-10-5-3-6-11-22)29(37)30-38-16-17-39-30)27(35)31-24-14-9-15-32(20-26(24)34)28(36)23-12-7-4-8-13-23/h3-8,10-13,16-17,21,24-25,30H,9,14-15,18-20H2,1-2H3,(H,31,35)/t24?,25-/m0/s1. The lowest BCUT2D eigenvalue weighted by Crippen LogP contribution is -2.55. The second-order valence-corrected chi connectivity index (χ2v) is 10.2. The molecule has 4 rings (SSSR count). The molecule has 9 nitrogen and oxygen atoms in total. The van der Waals surface area contributed by atoms with Crippen LogP contribution >= 0.6 is 0 Å². The van der Waals surface area contributed by atoms with Crippen molar-refractivity contribution >= 4 is 23.5 Å². The van der Waals surface area contributed by atoms with Gasteiger partial charge in [0.15, 0.2) is 5.78 Å². The van der Waals surface area contributed by atoms with Gasteiger partial charge in [-0.3, -0.25) is 19.2 Å². The highest BCUT2D eigenvalue weighted by molar-refractivity contribution is 5.99. The van der Waals surface area contributed by atoms with Crippen LogP contribution in [0.3, 0.4) is 0 Å². The predicted molar refractivity (Wildman–Crippen MR) is 144 cm³/mol. The normalized spacial score (nSPS) is 18.2. The first kappa shape index (κ1) is 27.9. The van der Waals surface area contributed by atoms with Crippen molar-refractivity contribution in [3.05, 3.63) is 84.3 Å². The minimum Gasteiger partial charge on any atom is -0.451 e. The third kappa shape index (κ3) is 7.25. The van der Waals surface area contributed by atoms with Gasteiger partial charge in [0.1, 0.15) is 18.6 Å². The highest BCUT2D eigenvalue weighted by Gasteiger charge is 2.38. The zero-order chi connectivity index (χ0) is 27.8. The number of likely N-dealkylation sites (tertiary alicyclic amines) is 1. The van der Waals surface area contributed by atoms with E-state index in [9.17, 15) is 19.2 Å². The van der Waals surface area contributed by atoms with Gasteiger partial charge in [-0.25, -0.2) is 0 Å². The summed E-state index contributed by atoms with van der Waals surface area (Å²) in [5, 5.41) is 2.91. The van der Waals surface area contributed by atoms with Crippen LogP contribution in [0.2, 0.25) is 0 Å². The van der Waals surface area contributed by atoms with Gasteiger partial charge in [0.2, 0.25) is 5.91 Å². The third-order valence-electron chi connectivity index (χ3n) is 6.79. The largest absolute Gasteiger partial charge is 0.451 e. The summed E-state index contributed by atoms with van der Waals surface area (Å²) in [5.74, 6) is -1.25. The molecule has 0 bridgehead atoms. The topological polar surface area (TPSA) is 105 Å². The van der Waals surface area contributed by atoms with Gasteiger partial charge in [-0.2, -0.15) is 0 Å². The molecule has 0 aliphatic carbocycles. The van der Waals surface area contributed by atoms with Gasteiger partial charge >= 0.3 is 12.2 Å². The van der Waals surface area contributed by atoms with E-state index in [4.69, 9.17) is 9.47 Å². The number of rotatable bonds is 9. The van der Waals surface area contributed by atoms with Crippen LogP contribution in [0.1, 0.15) is 49.0 Å². The van der Waals surface area contributed by atoms with Crippen LogP contribution in [0.4, 0.5) is 0 Å². The fourth-order valence-electron chi connectivity index (χ4n) is 4.82. The van der Waals surface area contributed by atoms with Crippen LogP contribution in [0.25, 0.3) is 0 Å². The maximum absolute atomic E-state index is 13.8. The summed E-state index contributed by atoms with van der Waals surface area (Å²) in [6.45, 7) is 4.45. The summed E-state index contributed by atoms with van der Waals surface area (Å²) >= 11 is 0. The van der Waals surface area contributed by atoms with Gasteiger partial charge < -0.3 is 24.6 Å². The molecule has 0 saturated carbocycles. The molecule has 1 N–H and O–H groups in total. The molecule has 0 aromatic heterocycles. The Hall–Kier alpha value is -4.14. The molecule has 2 aromatic carbocycles. The molecular weight excluding hydrogens is 498 g/mol. The number of hydrogen-bond donors (Lipinski definition) is 1. The Morgan fingerprint density at radius 3 is 2.28 bits per heavy atom. The maximum Gasteiger partial charge on any atom is 0.320 e. The van der Waals surface area contributed by atoms with Gasteiger partial charge in [0.05, 0.1) is 12.6 Å². The van der Waals surface area contributed by atoms with Crippen LogP contribution < -0.4 is 5.32 Å². The molecule has 2 heterocycles. The van der Waals surface area contributed by atoms with Crippen molar-refractivity contribution in [1.29, 1.82) is 0 Å². The molecule has 2 atom stereocenters. The zero-order valence-electron chi connectivity index (χ0n) is 22.3. The van der Waals surface area contributed by atoms with E-state index in [-0.39, 0.29) is 30.7 Å². The number of carbonyl (C=O) groups excluding carboxylic acids is 4. The Morgan fingerprint density at radius 1 is 1.00 bits per heavy atom. The lowest BCUT2D eigenvalue weighted by atomic mass is 9.99. The van der Waals surface area contributed by atoms with Crippen molar-refractivity contribution in [2.24, 2.45) is 5.92 Å². The van der Waals surface area contributed by atoms with Crippen LogP contribution in [0.15, 0.2) is 73.2 Å². The van der Waals surface area contributed by atoms with Gasteiger partial charge in [-0.15, -0.1) is 0 Å². The van der Waals surface area contributed by atoms with E-state index in [0.717, 1.165) is 5.56 Å². The summed E-state index contributed by atoms with van der Waals surface area (Å²) in [5.41, 5.74) is 1.37. The van der Waals surface area contributed by atoms with Crippen molar-refractivity contribution in [3.63, 3.8) is 0 Å². The number of ketones is 1. The second kappa shape index (κ2) is 13.1. The third-order valence-corrected chi connectivity index (χ3v) is 6.79. The van der Waals surface area contributed by atoms with Gasteiger partial charge in [0, 0.05) is 18.7 Å². The minimum absolute atomic E-state index is 0.0826. The number of nitrogens with one attached hydrogen (secondary N) is 1. The molecule has 1 unspecified atom stereocenters. The summed E-state index contributed by atoms with van der Waals surface area (Å²) in [4.78, 5) is 56.4. The molecule has 1 saturated heterocycles. The molecule has 3 amide bonds. The molecule has 2 aliphatic rings. The quantitative estimate of drug-likeness (QED) is 0.531. The molecule has 1 fully saturated rings. The second-order valence-electron chi connectivity index (χ2n) is 10.2. The van der Waals surface area contributed by atoms with Gasteiger partial charge in [-0.05, 0) is 42.9 Å². The Morgan fingerprint density at radius 2 is 1.64 bits per heavy atom. The number of hydrogen-bond acceptors (Lipinski definition) is 6. The Bertz CT molecular complexity index is 1180. The van der Waals surface area contributed by atoms with Crippen molar-refractivity contribution in [1.82, 2.24) is 15.1 Å². The highest BCUT2D eigenvalue weighted by Crippen LogP contribution is 2.21. The number of amides is 3. The molecule has 9 heteroatoms. The summed E-state index contributed by atoms with van der Waals surface area (Å²) < 4.78 is 10.6. The van der Waals surface area contributed by atoms with E-state index >= 15 is 0 Å². The van der Waals surface area contributed by atoms with Crippen molar-refractivity contribution in [2.45, 2.75) is 58.0 Å². The average Bonchev–Trinajstić information content (AvgIpc) is 3.42. The monoisotopic (exact) mass is 533 g/mol. The number of ether oxygens (including phenoxy) is 2. The fraction of sp³-hybridized carbons (Fsp3) is 0.400. The SMILES string of the molecule is CC(C)C[C@@H](C(=O)NC1CCCN(C(=O)c2ccccc2)CC1=O)N(Cc1ccccc1)C(=O)C1OC=CO1. The Balaban J connectivity index is 1.51. The van der Waals surface area contributed by atoms with Crippen LogP contribution in [0, 0.1) is 5.92 Å². The van der Waals surface area contributed by atoms with Gasteiger partial charge in [0.25, 0.3) is 5.91 Å². The predicted octanol–water partition coefficient (Wildman–Crippen LogP) is 3.26. The zero-order valence-corrected chi connectivity index (χ0v) is 22.3. The summed E-state index contributed by atoms with van der Waals surface area (Å²) in [6.07, 6.45) is 2.77. The molecule has 2 aromatic rings. The maximum atomic E-state index is 13.8. The van der Waals surface area contributed by atoms with Crippen LogP contribution in [-0.2, 0) is 30.4 Å². The molecule has 39 heavy (non-hydrogen) atoms. The van der Waals surface area contributed by atoms with E-state index in [0.29, 0.717) is 31.4 Å². The van der Waals surface area contributed by atoms with E-state index < -0.39 is 30.2 Å². The fourth-order valence-corrected chi connectivity index (χ4v) is 4.82. The lowest BCUT2D eigenvalue weighted by molar-refractivity contribution is -0.162. The number of carbonyl (C=O) groups is 4. The molecular formula is C30H35N3O6. The molecule has 0 radical (unpaired) electrons. The van der Waals surface area contributed by atoms with E-state index in [1.807, 2.05) is 50.2 Å². The van der Waals surface area contributed by atoms with E-state index in [1.165, 1.54) is 22.3 Å². The Labute approximate surface area is 228 Å². The van der Waals surface area contributed by atoms with Crippen molar-refractivity contribution in [2.75, 3.05) is 13.1 Å². The molecule has 0 spiro atoms. The summed E-state index contributed by atoms with van der Waals surface area (Å²) in [7, 11) is 0. The minimum atomic E-state index is -1.17. The number of Topliss-reactive ketones (excluding diaryl/α,β-unsaturated/α-hetero) is 1. The highest BCUT2D eigenvalue weighted by atomic mass is 16.7.